The van der Waals surface area contributed by atoms with Crippen molar-refractivity contribution in [2.75, 3.05) is 17.2 Å². The highest BCUT2D eigenvalue weighted by atomic mass is 16.6. The molecule has 6 nitrogen and oxygen atoms in total. The maximum Gasteiger partial charge on any atom is 0.271 e. The van der Waals surface area contributed by atoms with Crippen molar-refractivity contribution in [1.29, 1.82) is 0 Å². The van der Waals surface area contributed by atoms with Crippen LogP contribution in [0.15, 0.2) is 30.3 Å². The van der Waals surface area contributed by atoms with E-state index in [2.05, 4.69) is 10.6 Å². The molecule has 0 aromatic heterocycles. The van der Waals surface area contributed by atoms with Crippen LogP contribution in [0.25, 0.3) is 0 Å². The number of aryl methyl sites for hydroxylation is 4. The van der Waals surface area contributed by atoms with E-state index in [4.69, 9.17) is 0 Å². The van der Waals surface area contributed by atoms with Gasteiger partial charge in [-0.2, -0.15) is 0 Å². The molecule has 0 spiro atoms. The van der Waals surface area contributed by atoms with E-state index >= 15 is 0 Å². The minimum Gasteiger partial charge on any atom is -0.376 e. The summed E-state index contributed by atoms with van der Waals surface area (Å²) in [6.45, 7) is 7.78. The Morgan fingerprint density at radius 3 is 2.25 bits per heavy atom. The quantitative estimate of drug-likeness (QED) is 0.645. The number of nitrogens with zero attached hydrogens (tertiary/aromatic N) is 1. The zero-order valence-corrected chi connectivity index (χ0v) is 14.3. The number of carbonyl (C=O) groups is 1. The third-order valence-corrected chi connectivity index (χ3v) is 3.81. The van der Waals surface area contributed by atoms with Crippen molar-refractivity contribution < 1.29 is 9.72 Å². The summed E-state index contributed by atoms with van der Waals surface area (Å²) < 4.78 is 0. The number of amides is 1. The van der Waals surface area contributed by atoms with Crippen molar-refractivity contribution >= 4 is 23.0 Å². The smallest absolute Gasteiger partial charge is 0.271 e. The number of hydrogen-bond acceptors (Lipinski definition) is 4. The van der Waals surface area contributed by atoms with Gasteiger partial charge in [-0.3, -0.25) is 14.9 Å². The third kappa shape index (κ3) is 4.10. The fourth-order valence-electron chi connectivity index (χ4n) is 2.65. The molecule has 0 aliphatic carbocycles. The van der Waals surface area contributed by atoms with E-state index in [1.54, 1.807) is 6.07 Å². The van der Waals surface area contributed by atoms with E-state index in [9.17, 15) is 14.9 Å². The summed E-state index contributed by atoms with van der Waals surface area (Å²) in [5, 5.41) is 16.7. The van der Waals surface area contributed by atoms with Crippen LogP contribution in [0.2, 0.25) is 0 Å². The number of nitro groups is 1. The maximum absolute atomic E-state index is 12.2. The second-order valence-electron chi connectivity index (χ2n) is 5.93. The molecule has 0 aliphatic rings. The Balaban J connectivity index is 2.07. The summed E-state index contributed by atoms with van der Waals surface area (Å²) in [4.78, 5) is 22.6. The van der Waals surface area contributed by atoms with Crippen molar-refractivity contribution in [2.24, 2.45) is 0 Å². The van der Waals surface area contributed by atoms with Gasteiger partial charge in [-0.25, -0.2) is 0 Å². The monoisotopic (exact) mass is 327 g/mol. The predicted molar refractivity (Wildman–Crippen MR) is 95.6 cm³/mol. The molecule has 0 atom stereocenters. The zero-order valence-electron chi connectivity index (χ0n) is 14.3. The van der Waals surface area contributed by atoms with Crippen molar-refractivity contribution in [1.82, 2.24) is 0 Å². The van der Waals surface area contributed by atoms with Gasteiger partial charge in [0.2, 0.25) is 5.91 Å². The van der Waals surface area contributed by atoms with E-state index in [1.807, 2.05) is 39.8 Å². The van der Waals surface area contributed by atoms with Gasteiger partial charge in [0.1, 0.15) is 0 Å². The fourth-order valence-corrected chi connectivity index (χ4v) is 2.65. The average Bonchev–Trinajstić information content (AvgIpc) is 2.49. The Labute approximate surface area is 141 Å². The van der Waals surface area contributed by atoms with Gasteiger partial charge >= 0.3 is 0 Å². The number of non-ortho nitro benzene ring substituents is 1. The molecule has 0 heterocycles. The van der Waals surface area contributed by atoms with Crippen LogP contribution in [0.4, 0.5) is 17.1 Å². The van der Waals surface area contributed by atoms with Crippen LogP contribution in [0.3, 0.4) is 0 Å². The van der Waals surface area contributed by atoms with Crippen LogP contribution in [-0.2, 0) is 4.79 Å². The number of rotatable bonds is 5. The van der Waals surface area contributed by atoms with Gasteiger partial charge in [-0.05, 0) is 44.4 Å². The molecule has 24 heavy (non-hydrogen) atoms. The highest BCUT2D eigenvalue weighted by Gasteiger charge is 2.11. The molecule has 0 saturated carbocycles. The van der Waals surface area contributed by atoms with Crippen LogP contribution in [-0.4, -0.2) is 17.4 Å². The van der Waals surface area contributed by atoms with Crippen LogP contribution >= 0.6 is 0 Å². The lowest BCUT2D eigenvalue weighted by Crippen LogP contribution is -2.23. The normalized spacial score (nSPS) is 10.3. The molecular weight excluding hydrogens is 306 g/mol. The molecule has 0 bridgehead atoms. The SMILES string of the molecule is Cc1cc(C)c(NC(=O)CNc2cc([N+](=O)[O-])ccc2C)c(C)c1. The first-order chi connectivity index (χ1) is 11.3. The largest absolute Gasteiger partial charge is 0.376 e. The first-order valence-corrected chi connectivity index (χ1v) is 7.64. The Morgan fingerprint density at radius 1 is 1.04 bits per heavy atom. The number of nitro benzene ring substituents is 1. The Morgan fingerprint density at radius 2 is 1.67 bits per heavy atom. The van der Waals surface area contributed by atoms with Crippen molar-refractivity contribution in [3.05, 3.63) is 62.7 Å². The Bertz CT molecular complexity index is 777. The van der Waals surface area contributed by atoms with E-state index in [0.29, 0.717) is 5.69 Å². The number of anilines is 2. The topological polar surface area (TPSA) is 84.3 Å². The van der Waals surface area contributed by atoms with Crippen LogP contribution < -0.4 is 10.6 Å². The molecule has 2 aromatic rings. The lowest BCUT2D eigenvalue weighted by Gasteiger charge is -2.14. The Hall–Kier alpha value is -2.89. The molecule has 0 saturated heterocycles. The van der Waals surface area contributed by atoms with Gasteiger partial charge < -0.3 is 10.6 Å². The zero-order chi connectivity index (χ0) is 17.9. The average molecular weight is 327 g/mol. The molecule has 2 N–H and O–H groups in total. The summed E-state index contributed by atoms with van der Waals surface area (Å²) in [7, 11) is 0. The summed E-state index contributed by atoms with van der Waals surface area (Å²) in [6.07, 6.45) is 0. The number of carbonyl (C=O) groups excluding carboxylic acids is 1. The fraction of sp³-hybridized carbons (Fsp3) is 0.278. The first kappa shape index (κ1) is 17.5. The van der Waals surface area contributed by atoms with E-state index in [1.165, 1.54) is 12.1 Å². The summed E-state index contributed by atoms with van der Waals surface area (Å²) in [6, 6.07) is 8.57. The second-order valence-corrected chi connectivity index (χ2v) is 5.93. The molecule has 0 fully saturated rings. The number of benzene rings is 2. The predicted octanol–water partition coefficient (Wildman–Crippen LogP) is 3.88. The number of nitrogens with one attached hydrogen (secondary N) is 2. The van der Waals surface area contributed by atoms with Crippen LogP contribution in [0.1, 0.15) is 22.3 Å². The lowest BCUT2D eigenvalue weighted by molar-refractivity contribution is -0.384. The molecule has 6 heteroatoms. The van der Waals surface area contributed by atoms with Crippen molar-refractivity contribution in [3.8, 4) is 0 Å². The molecule has 2 rings (SSSR count). The van der Waals surface area contributed by atoms with Gasteiger partial charge in [0, 0.05) is 23.5 Å². The van der Waals surface area contributed by atoms with E-state index in [-0.39, 0.29) is 18.1 Å². The van der Waals surface area contributed by atoms with Crippen molar-refractivity contribution in [3.63, 3.8) is 0 Å². The first-order valence-electron chi connectivity index (χ1n) is 7.64. The van der Waals surface area contributed by atoms with Gasteiger partial charge in [-0.15, -0.1) is 0 Å². The molecule has 0 unspecified atom stereocenters. The molecular formula is C18H21N3O3. The summed E-state index contributed by atoms with van der Waals surface area (Å²) in [5.41, 5.74) is 5.39. The third-order valence-electron chi connectivity index (χ3n) is 3.81. The lowest BCUT2D eigenvalue weighted by atomic mass is 10.1. The van der Waals surface area contributed by atoms with Crippen LogP contribution in [0, 0.1) is 37.8 Å². The number of hydrogen-bond donors (Lipinski definition) is 2. The molecule has 126 valence electrons. The van der Waals surface area contributed by atoms with Gasteiger partial charge in [0.15, 0.2) is 0 Å². The minimum absolute atomic E-state index is 0.00580. The molecule has 2 aromatic carbocycles. The van der Waals surface area contributed by atoms with Gasteiger partial charge in [0.25, 0.3) is 5.69 Å². The highest BCUT2D eigenvalue weighted by Crippen LogP contribution is 2.23. The highest BCUT2D eigenvalue weighted by molar-refractivity contribution is 5.95. The molecule has 0 radical (unpaired) electrons. The second kappa shape index (κ2) is 7.12. The van der Waals surface area contributed by atoms with Gasteiger partial charge in [-0.1, -0.05) is 23.8 Å². The van der Waals surface area contributed by atoms with E-state index in [0.717, 1.165) is 27.9 Å². The minimum atomic E-state index is -0.455. The molecule has 1 amide bonds. The maximum atomic E-state index is 12.2. The van der Waals surface area contributed by atoms with Crippen molar-refractivity contribution in [2.45, 2.75) is 27.7 Å². The summed E-state index contributed by atoms with van der Waals surface area (Å²) in [5.74, 6) is -0.198. The van der Waals surface area contributed by atoms with Gasteiger partial charge in [0.05, 0.1) is 11.5 Å². The standard InChI is InChI=1S/C18H21N3O3/c1-11-7-13(3)18(14(4)8-11)20-17(22)10-19-16-9-15(21(23)24)6-5-12(16)2/h5-9,19H,10H2,1-4H3,(H,20,22). The van der Waals surface area contributed by atoms with Crippen LogP contribution in [0.5, 0.6) is 0 Å². The van der Waals surface area contributed by atoms with E-state index < -0.39 is 4.92 Å². The summed E-state index contributed by atoms with van der Waals surface area (Å²) >= 11 is 0. The molecule has 0 aliphatic heterocycles. The Kier molecular flexibility index (Phi) is 5.18.